The van der Waals surface area contributed by atoms with Gasteiger partial charge in [0.2, 0.25) is 5.91 Å². The minimum atomic E-state index is -0.0352. The van der Waals surface area contributed by atoms with Gasteiger partial charge in [-0.05, 0) is 38.6 Å². The number of carbonyl (C=O) groups excluding carboxylic acids is 1. The van der Waals surface area contributed by atoms with Crippen LogP contribution in [0.3, 0.4) is 0 Å². The fourth-order valence-corrected chi connectivity index (χ4v) is 2.95. The SMILES string of the molecule is CC(NCCC1CCC1)C(=O)NC1CCCCC1. The molecule has 1 amide bonds. The third-order valence-electron chi connectivity index (χ3n) is 4.57. The molecule has 3 heteroatoms. The summed E-state index contributed by atoms with van der Waals surface area (Å²) in [6.45, 7) is 2.98. The zero-order chi connectivity index (χ0) is 12.8. The monoisotopic (exact) mass is 252 g/mol. The van der Waals surface area contributed by atoms with Crippen LogP contribution in [0.15, 0.2) is 0 Å². The number of hydrogen-bond donors (Lipinski definition) is 2. The van der Waals surface area contributed by atoms with Crippen molar-refractivity contribution in [3.8, 4) is 0 Å². The van der Waals surface area contributed by atoms with Gasteiger partial charge in [0.05, 0.1) is 6.04 Å². The number of nitrogens with one attached hydrogen (secondary N) is 2. The number of carbonyl (C=O) groups is 1. The zero-order valence-corrected chi connectivity index (χ0v) is 11.7. The Morgan fingerprint density at radius 1 is 1.11 bits per heavy atom. The first-order valence-corrected chi connectivity index (χ1v) is 7.79. The molecular formula is C15H28N2O. The Hall–Kier alpha value is -0.570. The van der Waals surface area contributed by atoms with Gasteiger partial charge in [0.1, 0.15) is 0 Å². The second kappa shape index (κ2) is 7.13. The van der Waals surface area contributed by atoms with Crippen LogP contribution in [0.25, 0.3) is 0 Å². The van der Waals surface area contributed by atoms with E-state index in [-0.39, 0.29) is 11.9 Å². The van der Waals surface area contributed by atoms with Crippen molar-refractivity contribution < 1.29 is 4.79 Å². The minimum Gasteiger partial charge on any atom is -0.352 e. The maximum Gasteiger partial charge on any atom is 0.237 e. The van der Waals surface area contributed by atoms with Gasteiger partial charge in [-0.25, -0.2) is 0 Å². The second-order valence-electron chi connectivity index (χ2n) is 6.10. The van der Waals surface area contributed by atoms with Crippen LogP contribution in [0, 0.1) is 5.92 Å². The van der Waals surface area contributed by atoms with Crippen LogP contribution < -0.4 is 10.6 Å². The van der Waals surface area contributed by atoms with E-state index in [9.17, 15) is 4.79 Å². The van der Waals surface area contributed by atoms with Gasteiger partial charge < -0.3 is 10.6 Å². The molecule has 18 heavy (non-hydrogen) atoms. The van der Waals surface area contributed by atoms with E-state index in [0.717, 1.165) is 12.5 Å². The highest BCUT2D eigenvalue weighted by Gasteiger charge is 2.20. The molecular weight excluding hydrogens is 224 g/mol. The second-order valence-corrected chi connectivity index (χ2v) is 6.10. The molecule has 2 aliphatic rings. The molecule has 0 radical (unpaired) electrons. The van der Waals surface area contributed by atoms with Crippen molar-refractivity contribution in [1.82, 2.24) is 10.6 Å². The first-order valence-electron chi connectivity index (χ1n) is 7.79. The Morgan fingerprint density at radius 3 is 2.44 bits per heavy atom. The lowest BCUT2D eigenvalue weighted by Gasteiger charge is -2.27. The van der Waals surface area contributed by atoms with Gasteiger partial charge in [-0.3, -0.25) is 4.79 Å². The molecule has 1 atom stereocenters. The van der Waals surface area contributed by atoms with E-state index in [2.05, 4.69) is 10.6 Å². The van der Waals surface area contributed by atoms with Crippen LogP contribution in [-0.2, 0) is 4.79 Å². The van der Waals surface area contributed by atoms with Crippen molar-refractivity contribution in [2.45, 2.75) is 76.8 Å². The molecule has 0 aromatic heterocycles. The molecule has 0 spiro atoms. The number of rotatable bonds is 6. The molecule has 0 aromatic carbocycles. The summed E-state index contributed by atoms with van der Waals surface area (Å²) in [6, 6.07) is 0.397. The molecule has 2 saturated carbocycles. The van der Waals surface area contributed by atoms with Crippen LogP contribution in [-0.4, -0.2) is 24.5 Å². The maximum absolute atomic E-state index is 12.0. The van der Waals surface area contributed by atoms with Crippen molar-refractivity contribution in [1.29, 1.82) is 0 Å². The predicted octanol–water partition coefficient (Wildman–Crippen LogP) is 2.60. The van der Waals surface area contributed by atoms with Gasteiger partial charge in [-0.2, -0.15) is 0 Å². The average Bonchev–Trinajstić information content (AvgIpc) is 2.33. The van der Waals surface area contributed by atoms with E-state index in [4.69, 9.17) is 0 Å². The molecule has 0 aliphatic heterocycles. The molecule has 2 rings (SSSR count). The highest BCUT2D eigenvalue weighted by Crippen LogP contribution is 2.28. The summed E-state index contributed by atoms with van der Waals surface area (Å²) in [5, 5.41) is 6.54. The summed E-state index contributed by atoms with van der Waals surface area (Å²) in [5.41, 5.74) is 0. The fraction of sp³-hybridized carbons (Fsp3) is 0.933. The standard InChI is InChI=1S/C15H28N2O/c1-12(16-11-10-13-6-5-7-13)15(18)17-14-8-3-2-4-9-14/h12-14,16H,2-11H2,1H3,(H,17,18). The molecule has 0 heterocycles. The van der Waals surface area contributed by atoms with Crippen LogP contribution in [0.4, 0.5) is 0 Å². The van der Waals surface area contributed by atoms with Crippen LogP contribution >= 0.6 is 0 Å². The van der Waals surface area contributed by atoms with E-state index in [1.165, 1.54) is 57.8 Å². The lowest BCUT2D eigenvalue weighted by molar-refractivity contribution is -0.123. The van der Waals surface area contributed by atoms with Gasteiger partial charge in [-0.1, -0.05) is 38.5 Å². The zero-order valence-electron chi connectivity index (χ0n) is 11.7. The van der Waals surface area contributed by atoms with Crippen LogP contribution in [0.2, 0.25) is 0 Å². The summed E-state index contributed by atoms with van der Waals surface area (Å²) in [4.78, 5) is 12.0. The van der Waals surface area contributed by atoms with Crippen molar-refractivity contribution in [2.24, 2.45) is 5.92 Å². The Bertz CT molecular complexity index is 257. The Morgan fingerprint density at radius 2 is 1.83 bits per heavy atom. The van der Waals surface area contributed by atoms with E-state index in [1.807, 2.05) is 6.92 Å². The Balaban J connectivity index is 1.57. The largest absolute Gasteiger partial charge is 0.352 e. The predicted molar refractivity (Wildman–Crippen MR) is 74.4 cm³/mol. The first kappa shape index (κ1) is 13.9. The van der Waals surface area contributed by atoms with Crippen LogP contribution in [0.5, 0.6) is 0 Å². The van der Waals surface area contributed by atoms with E-state index in [0.29, 0.717) is 6.04 Å². The minimum absolute atomic E-state index is 0.0352. The highest BCUT2D eigenvalue weighted by atomic mass is 16.2. The van der Waals surface area contributed by atoms with E-state index >= 15 is 0 Å². The molecule has 2 N–H and O–H groups in total. The lowest BCUT2D eigenvalue weighted by Crippen LogP contribution is -2.47. The number of amides is 1. The Labute approximate surface area is 111 Å². The van der Waals surface area contributed by atoms with Crippen molar-refractivity contribution in [3.63, 3.8) is 0 Å². The summed E-state index contributed by atoms with van der Waals surface area (Å²) in [7, 11) is 0. The van der Waals surface area contributed by atoms with Gasteiger partial charge in [0.25, 0.3) is 0 Å². The van der Waals surface area contributed by atoms with Gasteiger partial charge in [0.15, 0.2) is 0 Å². The molecule has 0 saturated heterocycles. The fourth-order valence-electron chi connectivity index (χ4n) is 2.95. The molecule has 3 nitrogen and oxygen atoms in total. The molecule has 0 aromatic rings. The summed E-state index contributed by atoms with van der Waals surface area (Å²) in [5.74, 6) is 1.11. The molecule has 2 fully saturated rings. The average molecular weight is 252 g/mol. The third-order valence-corrected chi connectivity index (χ3v) is 4.57. The third kappa shape index (κ3) is 4.27. The van der Waals surface area contributed by atoms with Gasteiger partial charge in [-0.15, -0.1) is 0 Å². The number of hydrogen-bond acceptors (Lipinski definition) is 2. The molecule has 0 bridgehead atoms. The van der Waals surface area contributed by atoms with E-state index in [1.54, 1.807) is 0 Å². The smallest absolute Gasteiger partial charge is 0.237 e. The quantitative estimate of drug-likeness (QED) is 0.763. The molecule has 104 valence electrons. The highest BCUT2D eigenvalue weighted by molar-refractivity contribution is 5.81. The van der Waals surface area contributed by atoms with Crippen molar-refractivity contribution in [2.75, 3.05) is 6.54 Å². The lowest BCUT2D eigenvalue weighted by atomic mass is 9.83. The molecule has 2 aliphatic carbocycles. The summed E-state index contributed by atoms with van der Waals surface area (Å²) in [6.07, 6.45) is 11.6. The van der Waals surface area contributed by atoms with Crippen molar-refractivity contribution in [3.05, 3.63) is 0 Å². The summed E-state index contributed by atoms with van der Waals surface area (Å²) >= 11 is 0. The van der Waals surface area contributed by atoms with Crippen molar-refractivity contribution >= 4 is 5.91 Å². The molecule has 1 unspecified atom stereocenters. The van der Waals surface area contributed by atoms with Crippen LogP contribution in [0.1, 0.15) is 64.7 Å². The van der Waals surface area contributed by atoms with Gasteiger partial charge in [0, 0.05) is 6.04 Å². The normalized spacial score (nSPS) is 23.4. The van der Waals surface area contributed by atoms with E-state index < -0.39 is 0 Å². The summed E-state index contributed by atoms with van der Waals surface area (Å²) < 4.78 is 0. The topological polar surface area (TPSA) is 41.1 Å². The first-order chi connectivity index (χ1) is 8.75. The Kier molecular flexibility index (Phi) is 5.48. The van der Waals surface area contributed by atoms with Gasteiger partial charge >= 0.3 is 0 Å². The maximum atomic E-state index is 12.0.